The van der Waals surface area contributed by atoms with E-state index in [1.807, 2.05) is 32.0 Å². The maximum atomic E-state index is 5.57. The molecule has 0 aromatic heterocycles. The third-order valence-electron chi connectivity index (χ3n) is 3.33. The summed E-state index contributed by atoms with van der Waals surface area (Å²) in [5.74, 6) is 1.56. The Labute approximate surface area is 115 Å². The molecule has 0 amide bonds. The zero-order valence-electron chi connectivity index (χ0n) is 11.9. The summed E-state index contributed by atoms with van der Waals surface area (Å²) in [4.78, 5) is 0. The van der Waals surface area contributed by atoms with E-state index in [9.17, 15) is 0 Å². The van der Waals surface area contributed by atoms with Crippen molar-refractivity contribution in [2.75, 3.05) is 25.6 Å². The summed E-state index contributed by atoms with van der Waals surface area (Å²) < 4.78 is 16.4. The van der Waals surface area contributed by atoms with E-state index in [-0.39, 0.29) is 0 Å². The highest BCUT2D eigenvalue weighted by Crippen LogP contribution is 2.33. The molecule has 0 radical (unpaired) electrons. The predicted octanol–water partition coefficient (Wildman–Crippen LogP) is 3.07. The second-order valence-corrected chi connectivity index (χ2v) is 4.69. The van der Waals surface area contributed by atoms with Crippen molar-refractivity contribution in [2.24, 2.45) is 0 Å². The van der Waals surface area contributed by atoms with E-state index < -0.39 is 0 Å². The lowest BCUT2D eigenvalue weighted by Gasteiger charge is -2.36. The second kappa shape index (κ2) is 6.66. The van der Waals surface area contributed by atoms with Crippen LogP contribution in [0, 0.1) is 0 Å². The summed E-state index contributed by atoms with van der Waals surface area (Å²) >= 11 is 0. The van der Waals surface area contributed by atoms with Gasteiger partial charge in [0, 0.05) is 24.4 Å². The van der Waals surface area contributed by atoms with Crippen molar-refractivity contribution < 1.29 is 14.2 Å². The van der Waals surface area contributed by atoms with E-state index in [0.29, 0.717) is 18.8 Å². The molecule has 0 saturated heterocycles. The van der Waals surface area contributed by atoms with Crippen LogP contribution in [-0.2, 0) is 4.74 Å². The third kappa shape index (κ3) is 3.53. The van der Waals surface area contributed by atoms with Gasteiger partial charge in [0.15, 0.2) is 11.5 Å². The van der Waals surface area contributed by atoms with Gasteiger partial charge in [-0.3, -0.25) is 0 Å². The normalized spacial score (nSPS) is 21.6. The van der Waals surface area contributed by atoms with Crippen molar-refractivity contribution in [2.45, 2.75) is 38.8 Å². The molecule has 1 fully saturated rings. The summed E-state index contributed by atoms with van der Waals surface area (Å²) in [7, 11) is 1.66. The highest BCUT2D eigenvalue weighted by Gasteiger charge is 2.29. The van der Waals surface area contributed by atoms with Crippen LogP contribution in [0.2, 0.25) is 0 Å². The number of anilines is 1. The van der Waals surface area contributed by atoms with Crippen LogP contribution in [0.1, 0.15) is 26.7 Å². The first-order valence-electron chi connectivity index (χ1n) is 6.95. The van der Waals surface area contributed by atoms with E-state index in [1.165, 1.54) is 0 Å². The number of benzene rings is 1. The SMILES string of the molecule is CCOc1cc(NC2CC(OCC)C2)ccc1OC. The Bertz CT molecular complexity index is 402. The lowest BCUT2D eigenvalue weighted by molar-refractivity contribution is 0.00299. The highest BCUT2D eigenvalue weighted by atomic mass is 16.5. The molecule has 1 aromatic rings. The Morgan fingerprint density at radius 3 is 2.58 bits per heavy atom. The number of ether oxygens (including phenoxy) is 3. The van der Waals surface area contributed by atoms with E-state index in [4.69, 9.17) is 14.2 Å². The van der Waals surface area contributed by atoms with Crippen molar-refractivity contribution in [1.29, 1.82) is 0 Å². The Kier molecular flexibility index (Phi) is 4.91. The van der Waals surface area contributed by atoms with Gasteiger partial charge < -0.3 is 19.5 Å². The quantitative estimate of drug-likeness (QED) is 0.822. The summed E-state index contributed by atoms with van der Waals surface area (Å²) in [6, 6.07) is 6.46. The van der Waals surface area contributed by atoms with Crippen LogP contribution in [0.3, 0.4) is 0 Å². The number of nitrogens with one attached hydrogen (secondary N) is 1. The molecule has 0 spiro atoms. The smallest absolute Gasteiger partial charge is 0.163 e. The zero-order chi connectivity index (χ0) is 13.7. The summed E-state index contributed by atoms with van der Waals surface area (Å²) in [6.07, 6.45) is 2.57. The van der Waals surface area contributed by atoms with E-state index in [2.05, 4.69) is 5.32 Å². The van der Waals surface area contributed by atoms with Crippen LogP contribution in [0.25, 0.3) is 0 Å². The maximum Gasteiger partial charge on any atom is 0.163 e. The molecular weight excluding hydrogens is 242 g/mol. The fourth-order valence-corrected chi connectivity index (χ4v) is 2.33. The highest BCUT2D eigenvalue weighted by molar-refractivity contribution is 5.55. The van der Waals surface area contributed by atoms with Gasteiger partial charge in [-0.1, -0.05) is 0 Å². The summed E-state index contributed by atoms with van der Waals surface area (Å²) in [6.45, 7) is 5.45. The fourth-order valence-electron chi connectivity index (χ4n) is 2.33. The fraction of sp³-hybridized carbons (Fsp3) is 0.600. The van der Waals surface area contributed by atoms with Crippen LogP contribution in [0.15, 0.2) is 18.2 Å². The molecule has 106 valence electrons. The van der Waals surface area contributed by atoms with Gasteiger partial charge in [-0.2, -0.15) is 0 Å². The number of methoxy groups -OCH3 is 1. The van der Waals surface area contributed by atoms with Crippen LogP contribution >= 0.6 is 0 Å². The maximum absolute atomic E-state index is 5.57. The first kappa shape index (κ1) is 14.0. The third-order valence-corrected chi connectivity index (χ3v) is 3.33. The predicted molar refractivity (Wildman–Crippen MR) is 76.2 cm³/mol. The van der Waals surface area contributed by atoms with Gasteiger partial charge >= 0.3 is 0 Å². The topological polar surface area (TPSA) is 39.7 Å². The van der Waals surface area contributed by atoms with Crippen LogP contribution in [0.4, 0.5) is 5.69 Å². The molecule has 1 aliphatic carbocycles. The molecule has 0 heterocycles. The molecule has 2 rings (SSSR count). The first-order chi connectivity index (χ1) is 9.26. The molecule has 4 heteroatoms. The van der Waals surface area contributed by atoms with Gasteiger partial charge in [0.25, 0.3) is 0 Å². The van der Waals surface area contributed by atoms with Gasteiger partial charge in [-0.05, 0) is 38.8 Å². The van der Waals surface area contributed by atoms with Crippen molar-refractivity contribution in [1.82, 2.24) is 0 Å². The minimum Gasteiger partial charge on any atom is -0.493 e. The van der Waals surface area contributed by atoms with Crippen LogP contribution in [-0.4, -0.2) is 32.5 Å². The van der Waals surface area contributed by atoms with Gasteiger partial charge in [0.2, 0.25) is 0 Å². The molecule has 0 bridgehead atoms. The Hall–Kier alpha value is -1.42. The Balaban J connectivity index is 1.92. The molecule has 4 nitrogen and oxygen atoms in total. The second-order valence-electron chi connectivity index (χ2n) is 4.69. The van der Waals surface area contributed by atoms with E-state index >= 15 is 0 Å². The molecule has 1 aromatic carbocycles. The lowest BCUT2D eigenvalue weighted by atomic mass is 9.89. The summed E-state index contributed by atoms with van der Waals surface area (Å²) in [5.41, 5.74) is 1.07. The van der Waals surface area contributed by atoms with Crippen LogP contribution < -0.4 is 14.8 Å². The number of hydrogen-bond acceptors (Lipinski definition) is 4. The van der Waals surface area contributed by atoms with Crippen LogP contribution in [0.5, 0.6) is 11.5 Å². The van der Waals surface area contributed by atoms with Crippen molar-refractivity contribution in [3.63, 3.8) is 0 Å². The Morgan fingerprint density at radius 2 is 1.95 bits per heavy atom. The standard InChI is InChI=1S/C15H23NO3/c1-4-18-13-8-12(9-13)16-11-6-7-14(17-3)15(10-11)19-5-2/h6-7,10,12-13,16H,4-5,8-9H2,1-3H3. The molecule has 0 atom stereocenters. The number of hydrogen-bond donors (Lipinski definition) is 1. The van der Waals surface area contributed by atoms with E-state index in [0.717, 1.165) is 36.6 Å². The van der Waals surface area contributed by atoms with Gasteiger partial charge in [-0.15, -0.1) is 0 Å². The molecule has 0 aliphatic heterocycles. The number of rotatable bonds is 7. The summed E-state index contributed by atoms with van der Waals surface area (Å²) in [5, 5.41) is 3.50. The van der Waals surface area contributed by atoms with Gasteiger partial charge in [-0.25, -0.2) is 0 Å². The molecule has 1 saturated carbocycles. The van der Waals surface area contributed by atoms with E-state index in [1.54, 1.807) is 7.11 Å². The molecule has 19 heavy (non-hydrogen) atoms. The monoisotopic (exact) mass is 265 g/mol. The lowest BCUT2D eigenvalue weighted by Crippen LogP contribution is -2.40. The Morgan fingerprint density at radius 1 is 1.16 bits per heavy atom. The minimum absolute atomic E-state index is 0.423. The molecular formula is C15H23NO3. The van der Waals surface area contributed by atoms with Crippen molar-refractivity contribution in [3.8, 4) is 11.5 Å². The van der Waals surface area contributed by atoms with Crippen molar-refractivity contribution >= 4 is 5.69 Å². The largest absolute Gasteiger partial charge is 0.493 e. The first-order valence-corrected chi connectivity index (χ1v) is 6.95. The molecule has 1 N–H and O–H groups in total. The average Bonchev–Trinajstić information content (AvgIpc) is 2.37. The van der Waals surface area contributed by atoms with Gasteiger partial charge in [0.1, 0.15) is 0 Å². The van der Waals surface area contributed by atoms with Gasteiger partial charge in [0.05, 0.1) is 19.8 Å². The minimum atomic E-state index is 0.423. The molecule has 1 aliphatic rings. The average molecular weight is 265 g/mol. The van der Waals surface area contributed by atoms with Crippen molar-refractivity contribution in [3.05, 3.63) is 18.2 Å². The molecule has 0 unspecified atom stereocenters. The zero-order valence-corrected chi connectivity index (χ0v) is 11.9.